The third-order valence-corrected chi connectivity index (χ3v) is 4.02. The molecule has 1 fully saturated rings. The number of ketones is 1. The molecule has 3 N–H and O–H groups in total. The fourth-order valence-corrected chi connectivity index (χ4v) is 2.72. The maximum atomic E-state index is 12.1. The van der Waals surface area contributed by atoms with Gasteiger partial charge in [-0.05, 0) is 24.5 Å². The van der Waals surface area contributed by atoms with Crippen molar-refractivity contribution >= 4 is 23.3 Å². The zero-order valence-corrected chi connectivity index (χ0v) is 12.0. The summed E-state index contributed by atoms with van der Waals surface area (Å²) in [4.78, 5) is 34.4. The lowest BCUT2D eigenvalue weighted by molar-refractivity contribution is -0.140. The molecule has 2 atom stereocenters. The Morgan fingerprint density at radius 3 is 2.24 bits per heavy atom. The van der Waals surface area contributed by atoms with E-state index in [1.54, 1.807) is 13.8 Å². The van der Waals surface area contributed by atoms with E-state index < -0.39 is 29.1 Å². The number of nitrogens with one attached hydrogen (secondary N) is 1. The number of carboxylic acids is 1. The standard InChI is InChI=1S/C15H17NO5/c1-7(17)9-5-4-8(6-10(9)18)16-13(19)11-12(14(20)21)15(11,2)3/h4-6,11-12,18H,1-3H3,(H,16,19)(H,20,21)/t11-,12-/m1/s1. The van der Waals surface area contributed by atoms with E-state index in [1.165, 1.54) is 25.1 Å². The van der Waals surface area contributed by atoms with E-state index in [0.29, 0.717) is 5.69 Å². The fraction of sp³-hybridized carbons (Fsp3) is 0.400. The molecule has 6 nitrogen and oxygen atoms in total. The van der Waals surface area contributed by atoms with Crippen molar-refractivity contribution in [2.45, 2.75) is 20.8 Å². The summed E-state index contributed by atoms with van der Waals surface area (Å²) in [5.41, 5.74) is -0.0883. The fourth-order valence-electron chi connectivity index (χ4n) is 2.72. The van der Waals surface area contributed by atoms with Crippen LogP contribution in [-0.4, -0.2) is 27.9 Å². The van der Waals surface area contributed by atoms with Crippen LogP contribution in [0.3, 0.4) is 0 Å². The van der Waals surface area contributed by atoms with Crippen LogP contribution in [0.1, 0.15) is 31.1 Å². The molecular weight excluding hydrogens is 274 g/mol. The van der Waals surface area contributed by atoms with Crippen LogP contribution in [0, 0.1) is 17.3 Å². The van der Waals surface area contributed by atoms with Gasteiger partial charge in [0, 0.05) is 11.8 Å². The minimum atomic E-state index is -0.991. The van der Waals surface area contributed by atoms with Crippen LogP contribution < -0.4 is 5.32 Å². The molecule has 0 aliphatic heterocycles. The number of amides is 1. The van der Waals surface area contributed by atoms with Gasteiger partial charge in [0.05, 0.1) is 17.4 Å². The molecular formula is C15H17NO5. The van der Waals surface area contributed by atoms with Gasteiger partial charge in [-0.25, -0.2) is 0 Å². The molecule has 0 spiro atoms. The van der Waals surface area contributed by atoms with Crippen molar-refractivity contribution in [1.82, 2.24) is 0 Å². The molecule has 0 heterocycles. The molecule has 0 radical (unpaired) electrons. The van der Waals surface area contributed by atoms with Crippen molar-refractivity contribution in [1.29, 1.82) is 0 Å². The molecule has 1 aliphatic carbocycles. The summed E-state index contributed by atoms with van der Waals surface area (Å²) in [5.74, 6) is -3.20. The van der Waals surface area contributed by atoms with Gasteiger partial charge in [-0.2, -0.15) is 0 Å². The second-order valence-electron chi connectivity index (χ2n) is 5.89. The highest BCUT2D eigenvalue weighted by Gasteiger charge is 2.65. The van der Waals surface area contributed by atoms with Crippen molar-refractivity contribution < 1.29 is 24.6 Å². The van der Waals surface area contributed by atoms with Gasteiger partial charge in [-0.15, -0.1) is 0 Å². The number of hydrogen-bond acceptors (Lipinski definition) is 4. The summed E-state index contributed by atoms with van der Waals surface area (Å²) in [6, 6.07) is 4.19. The van der Waals surface area contributed by atoms with Gasteiger partial charge in [0.2, 0.25) is 5.91 Å². The van der Waals surface area contributed by atoms with E-state index in [-0.39, 0.29) is 17.1 Å². The van der Waals surface area contributed by atoms with Crippen LogP contribution in [0.15, 0.2) is 18.2 Å². The molecule has 0 aromatic heterocycles. The van der Waals surface area contributed by atoms with E-state index in [1.807, 2.05) is 0 Å². The molecule has 0 unspecified atom stereocenters. The van der Waals surface area contributed by atoms with Crippen LogP contribution in [0.25, 0.3) is 0 Å². The molecule has 1 aromatic carbocycles. The number of hydrogen-bond donors (Lipinski definition) is 3. The molecule has 112 valence electrons. The normalized spacial score (nSPS) is 22.4. The van der Waals surface area contributed by atoms with Gasteiger partial charge in [-0.1, -0.05) is 13.8 Å². The number of phenols is 1. The number of carboxylic acid groups (broad SMARTS) is 1. The van der Waals surface area contributed by atoms with Gasteiger partial charge in [-0.3, -0.25) is 14.4 Å². The molecule has 2 rings (SSSR count). The van der Waals surface area contributed by atoms with E-state index in [0.717, 1.165) is 0 Å². The molecule has 6 heteroatoms. The Kier molecular flexibility index (Phi) is 3.49. The van der Waals surface area contributed by atoms with Gasteiger partial charge < -0.3 is 15.5 Å². The quantitative estimate of drug-likeness (QED) is 0.735. The van der Waals surface area contributed by atoms with Crippen LogP contribution >= 0.6 is 0 Å². The zero-order chi connectivity index (χ0) is 15.9. The zero-order valence-electron chi connectivity index (χ0n) is 12.0. The van der Waals surface area contributed by atoms with Crippen LogP contribution in [0.2, 0.25) is 0 Å². The lowest BCUT2D eigenvalue weighted by Gasteiger charge is -2.08. The topological polar surface area (TPSA) is 104 Å². The van der Waals surface area contributed by atoms with Gasteiger partial charge >= 0.3 is 5.97 Å². The number of aliphatic carboxylic acids is 1. The predicted octanol–water partition coefficient (Wildman–Crippen LogP) is 1.89. The second-order valence-corrected chi connectivity index (χ2v) is 5.89. The van der Waals surface area contributed by atoms with Crippen molar-refractivity contribution in [3.8, 4) is 5.75 Å². The third-order valence-electron chi connectivity index (χ3n) is 4.02. The molecule has 21 heavy (non-hydrogen) atoms. The lowest BCUT2D eigenvalue weighted by atomic mass is 10.1. The van der Waals surface area contributed by atoms with Gasteiger partial charge in [0.15, 0.2) is 5.78 Å². The molecule has 1 aromatic rings. The first-order chi connectivity index (χ1) is 9.66. The summed E-state index contributed by atoms with van der Waals surface area (Å²) in [7, 11) is 0. The second kappa shape index (κ2) is 4.87. The Morgan fingerprint density at radius 1 is 1.19 bits per heavy atom. The monoisotopic (exact) mass is 291 g/mol. The Bertz CT molecular complexity index is 635. The first-order valence-corrected chi connectivity index (χ1v) is 6.54. The highest BCUT2D eigenvalue weighted by atomic mass is 16.4. The lowest BCUT2D eigenvalue weighted by Crippen LogP contribution is -2.17. The Morgan fingerprint density at radius 2 is 1.81 bits per heavy atom. The van der Waals surface area contributed by atoms with Crippen molar-refractivity contribution in [3.63, 3.8) is 0 Å². The minimum absolute atomic E-state index is 0.170. The molecule has 0 bridgehead atoms. The number of benzene rings is 1. The number of rotatable bonds is 4. The molecule has 0 saturated heterocycles. The molecule has 1 saturated carbocycles. The largest absolute Gasteiger partial charge is 0.507 e. The van der Waals surface area contributed by atoms with Gasteiger partial charge in [0.25, 0.3) is 0 Å². The van der Waals surface area contributed by atoms with E-state index in [9.17, 15) is 19.5 Å². The van der Waals surface area contributed by atoms with E-state index in [4.69, 9.17) is 5.11 Å². The predicted molar refractivity (Wildman–Crippen MR) is 75.1 cm³/mol. The van der Waals surface area contributed by atoms with Crippen molar-refractivity contribution in [2.75, 3.05) is 5.32 Å². The summed E-state index contributed by atoms with van der Waals surface area (Å²) in [6.45, 7) is 4.79. The highest BCUT2D eigenvalue weighted by Crippen LogP contribution is 2.58. The maximum Gasteiger partial charge on any atom is 0.307 e. The highest BCUT2D eigenvalue weighted by molar-refractivity contribution is 6.01. The SMILES string of the molecule is CC(=O)c1ccc(NC(=O)[C@H]2[C@H](C(=O)O)C2(C)C)cc1O. The first-order valence-electron chi connectivity index (χ1n) is 6.54. The summed E-state index contributed by atoms with van der Waals surface area (Å²) < 4.78 is 0. The summed E-state index contributed by atoms with van der Waals surface area (Å²) >= 11 is 0. The average molecular weight is 291 g/mol. The Labute approximate surface area is 121 Å². The number of Topliss-reactive ketones (excluding diaryl/α,β-unsaturated/α-hetero) is 1. The first kappa shape index (κ1) is 15.0. The minimum Gasteiger partial charge on any atom is -0.507 e. The smallest absolute Gasteiger partial charge is 0.307 e. The number of phenolic OH excluding ortho intramolecular Hbond substituents is 1. The maximum absolute atomic E-state index is 12.1. The van der Waals surface area contributed by atoms with Crippen LogP contribution in [0.4, 0.5) is 5.69 Å². The summed E-state index contributed by atoms with van der Waals surface area (Å²) in [5, 5.41) is 21.3. The number of aromatic hydroxyl groups is 1. The van der Waals surface area contributed by atoms with E-state index >= 15 is 0 Å². The summed E-state index contributed by atoms with van der Waals surface area (Å²) in [6.07, 6.45) is 0. The van der Waals surface area contributed by atoms with E-state index in [2.05, 4.69) is 5.32 Å². The Hall–Kier alpha value is -2.37. The number of carbonyl (C=O) groups is 3. The Balaban J connectivity index is 2.13. The van der Waals surface area contributed by atoms with Gasteiger partial charge in [0.1, 0.15) is 5.75 Å². The number of anilines is 1. The molecule has 1 aliphatic rings. The van der Waals surface area contributed by atoms with Crippen molar-refractivity contribution in [3.05, 3.63) is 23.8 Å². The number of carbonyl (C=O) groups excluding carboxylic acids is 2. The third kappa shape index (κ3) is 2.61. The molecule has 1 amide bonds. The van der Waals surface area contributed by atoms with Crippen LogP contribution in [0.5, 0.6) is 5.75 Å². The van der Waals surface area contributed by atoms with Crippen LogP contribution in [-0.2, 0) is 9.59 Å². The average Bonchev–Trinajstić information content (AvgIpc) is 2.92. The van der Waals surface area contributed by atoms with Crippen molar-refractivity contribution in [2.24, 2.45) is 17.3 Å².